The molecule has 0 aliphatic heterocycles. The van der Waals surface area contributed by atoms with Crippen molar-refractivity contribution >= 4 is 11.8 Å². The molecule has 1 aromatic carbocycles. The zero-order valence-electron chi connectivity index (χ0n) is 13.6. The second kappa shape index (κ2) is 11.7. The summed E-state index contributed by atoms with van der Waals surface area (Å²) in [5, 5.41) is 8.78. The summed E-state index contributed by atoms with van der Waals surface area (Å²) in [7, 11) is 0. The van der Waals surface area contributed by atoms with Crippen LogP contribution in [0.4, 0.5) is 0 Å². The molecule has 0 bridgehead atoms. The maximum absolute atomic E-state index is 8.78. The zero-order valence-corrected chi connectivity index (χ0v) is 14.4. The van der Waals surface area contributed by atoms with Crippen molar-refractivity contribution in [3.8, 4) is 6.07 Å². The average Bonchev–Trinajstić information content (AvgIpc) is 2.52. The van der Waals surface area contributed by atoms with E-state index in [1.165, 1.54) is 61.8 Å². The van der Waals surface area contributed by atoms with Crippen molar-refractivity contribution in [2.75, 3.05) is 5.75 Å². The Balaban J connectivity index is 2.15. The number of benzene rings is 1. The van der Waals surface area contributed by atoms with Crippen LogP contribution in [0, 0.1) is 17.2 Å². The van der Waals surface area contributed by atoms with Gasteiger partial charge in [0.1, 0.15) is 0 Å². The van der Waals surface area contributed by atoms with E-state index in [4.69, 9.17) is 5.26 Å². The van der Waals surface area contributed by atoms with Crippen molar-refractivity contribution < 1.29 is 0 Å². The van der Waals surface area contributed by atoms with Gasteiger partial charge in [-0.05, 0) is 37.5 Å². The Morgan fingerprint density at radius 2 is 1.62 bits per heavy atom. The molecule has 0 aliphatic rings. The van der Waals surface area contributed by atoms with E-state index in [2.05, 4.69) is 37.3 Å². The Labute approximate surface area is 135 Å². The first-order chi connectivity index (χ1) is 10.3. The van der Waals surface area contributed by atoms with Crippen LogP contribution in [0.25, 0.3) is 0 Å². The first-order valence-corrected chi connectivity index (χ1v) is 9.36. The highest BCUT2D eigenvalue weighted by molar-refractivity contribution is 7.99. The van der Waals surface area contributed by atoms with Crippen molar-refractivity contribution in [2.24, 2.45) is 5.92 Å². The van der Waals surface area contributed by atoms with E-state index in [9.17, 15) is 0 Å². The number of aryl methyl sites for hydroxylation is 1. The molecule has 1 nitrogen and oxygen atoms in total. The lowest BCUT2D eigenvalue weighted by atomic mass is 10.0. The molecular formula is C19H29NS. The molecule has 0 saturated heterocycles. The molecule has 0 N–H and O–H groups in total. The number of rotatable bonds is 11. The number of nitrogens with zero attached hydrogens (tertiary/aromatic N) is 1. The van der Waals surface area contributed by atoms with Crippen molar-refractivity contribution in [2.45, 2.75) is 70.1 Å². The molecule has 0 heterocycles. The standard InChI is InChI=1S/C19H29NS/c1-3-4-5-6-7-8-9-10-18-11-13-19(14-12-18)21-16-17(2)15-20/h11-14,17H,3-10,16H2,1-2H3. The maximum Gasteiger partial charge on any atom is 0.0661 e. The summed E-state index contributed by atoms with van der Waals surface area (Å²) < 4.78 is 0. The van der Waals surface area contributed by atoms with Crippen molar-refractivity contribution in [3.05, 3.63) is 29.8 Å². The van der Waals surface area contributed by atoms with E-state index < -0.39 is 0 Å². The van der Waals surface area contributed by atoms with Crippen LogP contribution in [-0.4, -0.2) is 5.75 Å². The van der Waals surface area contributed by atoms with Gasteiger partial charge in [-0.3, -0.25) is 0 Å². The van der Waals surface area contributed by atoms with E-state index in [-0.39, 0.29) is 5.92 Å². The molecule has 1 rings (SSSR count). The summed E-state index contributed by atoms with van der Waals surface area (Å²) in [6, 6.07) is 11.2. The Hall–Kier alpha value is -0.940. The summed E-state index contributed by atoms with van der Waals surface area (Å²) in [6.07, 6.45) is 10.8. The SMILES string of the molecule is CCCCCCCCCc1ccc(SCC(C)C#N)cc1. The van der Waals surface area contributed by atoms with Gasteiger partial charge in [0.05, 0.1) is 12.0 Å². The molecule has 116 valence electrons. The Kier molecular flexibility index (Phi) is 10.1. The van der Waals surface area contributed by atoms with Gasteiger partial charge in [-0.1, -0.05) is 57.6 Å². The third-order valence-corrected chi connectivity index (χ3v) is 4.98. The topological polar surface area (TPSA) is 23.8 Å². The highest BCUT2D eigenvalue weighted by atomic mass is 32.2. The minimum atomic E-state index is 0.127. The fourth-order valence-corrected chi connectivity index (χ4v) is 3.14. The molecule has 0 radical (unpaired) electrons. The van der Waals surface area contributed by atoms with Gasteiger partial charge in [0, 0.05) is 10.6 Å². The molecule has 21 heavy (non-hydrogen) atoms. The van der Waals surface area contributed by atoms with E-state index >= 15 is 0 Å². The molecule has 1 atom stereocenters. The quantitative estimate of drug-likeness (QED) is 0.357. The summed E-state index contributed by atoms with van der Waals surface area (Å²) in [5.74, 6) is 1.01. The third kappa shape index (κ3) is 8.83. The number of hydrogen-bond donors (Lipinski definition) is 0. The van der Waals surface area contributed by atoms with E-state index in [1.54, 1.807) is 11.8 Å². The summed E-state index contributed by atoms with van der Waals surface area (Å²) >= 11 is 1.78. The van der Waals surface area contributed by atoms with E-state index in [1.807, 2.05) is 6.92 Å². The highest BCUT2D eigenvalue weighted by Crippen LogP contribution is 2.21. The van der Waals surface area contributed by atoms with Crippen LogP contribution in [0.5, 0.6) is 0 Å². The van der Waals surface area contributed by atoms with Crippen LogP contribution in [0.2, 0.25) is 0 Å². The van der Waals surface area contributed by atoms with E-state index in [0.29, 0.717) is 0 Å². The van der Waals surface area contributed by atoms with Crippen LogP contribution in [0.1, 0.15) is 64.4 Å². The Morgan fingerprint density at radius 3 is 2.24 bits per heavy atom. The number of thioether (sulfide) groups is 1. The zero-order chi connectivity index (χ0) is 15.3. The van der Waals surface area contributed by atoms with Crippen LogP contribution in [0.15, 0.2) is 29.2 Å². The second-order valence-corrected chi connectivity index (χ2v) is 6.95. The molecule has 1 aromatic rings. The molecule has 0 aromatic heterocycles. The van der Waals surface area contributed by atoms with Crippen LogP contribution >= 0.6 is 11.8 Å². The molecule has 0 amide bonds. The normalized spacial score (nSPS) is 12.0. The van der Waals surface area contributed by atoms with Crippen molar-refractivity contribution in [3.63, 3.8) is 0 Å². The molecule has 1 unspecified atom stereocenters. The Morgan fingerprint density at radius 1 is 1.00 bits per heavy atom. The van der Waals surface area contributed by atoms with Crippen LogP contribution in [-0.2, 0) is 6.42 Å². The average molecular weight is 304 g/mol. The molecule has 0 fully saturated rings. The molecule has 2 heteroatoms. The third-order valence-electron chi connectivity index (χ3n) is 3.71. The maximum atomic E-state index is 8.78. The summed E-state index contributed by atoms with van der Waals surface area (Å²) in [4.78, 5) is 1.28. The predicted octanol–water partition coefficient (Wildman–Crippen LogP) is 6.23. The minimum Gasteiger partial charge on any atom is -0.198 e. The molecule has 0 aliphatic carbocycles. The second-order valence-electron chi connectivity index (χ2n) is 5.86. The van der Waals surface area contributed by atoms with Gasteiger partial charge in [0.15, 0.2) is 0 Å². The lowest BCUT2D eigenvalue weighted by Crippen LogP contribution is -1.93. The molecule has 0 saturated carbocycles. The lowest BCUT2D eigenvalue weighted by Gasteiger charge is -2.05. The number of unbranched alkanes of at least 4 members (excludes halogenated alkanes) is 6. The van der Waals surface area contributed by atoms with Gasteiger partial charge < -0.3 is 0 Å². The van der Waals surface area contributed by atoms with Gasteiger partial charge in [-0.2, -0.15) is 5.26 Å². The lowest BCUT2D eigenvalue weighted by molar-refractivity contribution is 0.589. The van der Waals surface area contributed by atoms with Gasteiger partial charge in [-0.25, -0.2) is 0 Å². The molecule has 0 spiro atoms. The fraction of sp³-hybridized carbons (Fsp3) is 0.632. The first-order valence-electron chi connectivity index (χ1n) is 8.37. The van der Waals surface area contributed by atoms with Gasteiger partial charge in [0.25, 0.3) is 0 Å². The summed E-state index contributed by atoms with van der Waals surface area (Å²) in [6.45, 7) is 4.24. The van der Waals surface area contributed by atoms with Crippen LogP contribution < -0.4 is 0 Å². The predicted molar refractivity (Wildman–Crippen MR) is 93.6 cm³/mol. The first kappa shape index (κ1) is 18.1. The number of hydrogen-bond acceptors (Lipinski definition) is 2. The van der Waals surface area contributed by atoms with Crippen molar-refractivity contribution in [1.29, 1.82) is 5.26 Å². The Bertz CT molecular complexity index is 405. The highest BCUT2D eigenvalue weighted by Gasteiger charge is 2.01. The minimum absolute atomic E-state index is 0.127. The van der Waals surface area contributed by atoms with Crippen LogP contribution in [0.3, 0.4) is 0 Å². The summed E-state index contributed by atoms with van der Waals surface area (Å²) in [5.41, 5.74) is 1.45. The fourth-order valence-electron chi connectivity index (χ4n) is 2.30. The monoisotopic (exact) mass is 303 g/mol. The van der Waals surface area contributed by atoms with Gasteiger partial charge in [0.2, 0.25) is 0 Å². The van der Waals surface area contributed by atoms with Gasteiger partial charge >= 0.3 is 0 Å². The van der Waals surface area contributed by atoms with E-state index in [0.717, 1.165) is 5.75 Å². The largest absolute Gasteiger partial charge is 0.198 e. The van der Waals surface area contributed by atoms with Gasteiger partial charge in [-0.15, -0.1) is 11.8 Å². The number of nitriles is 1. The van der Waals surface area contributed by atoms with Crippen molar-refractivity contribution in [1.82, 2.24) is 0 Å². The molecular weight excluding hydrogens is 274 g/mol. The smallest absolute Gasteiger partial charge is 0.0661 e.